The van der Waals surface area contributed by atoms with Crippen molar-refractivity contribution in [2.45, 2.75) is 18.9 Å². The van der Waals surface area contributed by atoms with E-state index in [2.05, 4.69) is 25.4 Å². The predicted octanol–water partition coefficient (Wildman–Crippen LogP) is 1.35. The van der Waals surface area contributed by atoms with Crippen LogP contribution in [0.4, 0.5) is 5.69 Å². The summed E-state index contributed by atoms with van der Waals surface area (Å²) in [6, 6.07) is 7.58. The number of carbonyl (C=O) groups is 1. The molecular weight excluding hydrogens is 541 g/mol. The highest BCUT2D eigenvalue weighted by Gasteiger charge is 2.28. The Labute approximate surface area is 200 Å². The molecule has 1 aromatic rings. The van der Waals surface area contributed by atoms with E-state index in [4.69, 9.17) is 11.6 Å². The molecule has 30 heavy (non-hydrogen) atoms. The number of nitrogens with zero attached hydrogens (tertiary/aromatic N) is 3. The number of nitrogens with one attached hydrogen (secondary N) is 2. The zero-order valence-electron chi connectivity index (χ0n) is 17.0. The van der Waals surface area contributed by atoms with Gasteiger partial charge in [0.2, 0.25) is 5.91 Å². The number of sulfone groups is 1. The normalized spacial score (nSPS) is 21.1. The molecule has 2 saturated heterocycles. The molecule has 0 saturated carbocycles. The molecule has 1 amide bonds. The van der Waals surface area contributed by atoms with E-state index in [-0.39, 0.29) is 53.9 Å². The number of halogens is 2. The Morgan fingerprint density at radius 3 is 2.53 bits per heavy atom. The maximum Gasteiger partial charge on any atom is 0.222 e. The number of benzene rings is 1. The number of carbonyl (C=O) groups excluding carboxylic acids is 1. The lowest BCUT2D eigenvalue weighted by Gasteiger charge is -2.38. The molecule has 1 unspecified atom stereocenters. The molecule has 2 N–H and O–H groups in total. The summed E-state index contributed by atoms with van der Waals surface area (Å²) in [5.41, 5.74) is 1.04. The monoisotopic (exact) mass is 569 g/mol. The first-order valence-electron chi connectivity index (χ1n) is 9.83. The molecule has 2 heterocycles. The number of hydrogen-bond donors (Lipinski definition) is 2. The fourth-order valence-corrected chi connectivity index (χ4v) is 5.62. The summed E-state index contributed by atoms with van der Waals surface area (Å²) in [6.07, 6.45) is 0.772. The number of rotatable bonds is 5. The standard InChI is InChI=1S/C19H28ClN5O3S.HI/c1-21-19(22-8-6-18(26)23-15-7-13-29(27,28)14-15)25-11-9-24(10-12-25)17-5-3-2-4-16(17)20;/h2-5,15H,6-14H2,1H3,(H,21,22)(H,23,26);1H. The first-order chi connectivity index (χ1) is 13.9. The fourth-order valence-electron chi connectivity index (χ4n) is 3.70. The Morgan fingerprint density at radius 1 is 1.23 bits per heavy atom. The maximum absolute atomic E-state index is 12.1. The van der Waals surface area contributed by atoms with Crippen LogP contribution in [-0.4, -0.2) is 82.5 Å². The number of guanidine groups is 1. The van der Waals surface area contributed by atoms with Crippen molar-refractivity contribution in [1.82, 2.24) is 15.5 Å². The van der Waals surface area contributed by atoms with E-state index in [0.717, 1.165) is 42.8 Å². The molecule has 1 aromatic carbocycles. The maximum atomic E-state index is 12.1. The second-order valence-electron chi connectivity index (χ2n) is 7.32. The average Bonchev–Trinajstić information content (AvgIpc) is 3.04. The van der Waals surface area contributed by atoms with Gasteiger partial charge in [-0.05, 0) is 18.6 Å². The molecule has 1 atom stereocenters. The van der Waals surface area contributed by atoms with Crippen molar-refractivity contribution in [2.75, 3.05) is 56.2 Å². The van der Waals surface area contributed by atoms with Gasteiger partial charge in [-0.3, -0.25) is 9.79 Å². The number of aliphatic imine (C=N–C) groups is 1. The summed E-state index contributed by atoms with van der Waals surface area (Å²) in [6.45, 7) is 3.72. The van der Waals surface area contributed by atoms with Crippen molar-refractivity contribution in [3.8, 4) is 0 Å². The summed E-state index contributed by atoms with van der Waals surface area (Å²) in [7, 11) is -1.26. The van der Waals surface area contributed by atoms with Crippen LogP contribution < -0.4 is 15.5 Å². The first-order valence-corrected chi connectivity index (χ1v) is 12.0. The third kappa shape index (κ3) is 6.88. The highest BCUT2D eigenvalue weighted by atomic mass is 127. The van der Waals surface area contributed by atoms with Crippen molar-refractivity contribution < 1.29 is 13.2 Å². The lowest BCUT2D eigenvalue weighted by Crippen LogP contribution is -2.53. The highest BCUT2D eigenvalue weighted by Crippen LogP contribution is 2.26. The van der Waals surface area contributed by atoms with Crippen molar-refractivity contribution in [3.63, 3.8) is 0 Å². The largest absolute Gasteiger partial charge is 0.367 e. The summed E-state index contributed by atoms with van der Waals surface area (Å²) < 4.78 is 23.0. The molecule has 2 aliphatic rings. The van der Waals surface area contributed by atoms with Crippen molar-refractivity contribution in [3.05, 3.63) is 29.3 Å². The minimum absolute atomic E-state index is 0. The Hall–Kier alpha value is -1.27. The molecule has 168 valence electrons. The molecule has 2 fully saturated rings. The Morgan fingerprint density at radius 2 is 1.93 bits per heavy atom. The minimum atomic E-state index is -2.99. The van der Waals surface area contributed by atoms with E-state index in [1.165, 1.54) is 0 Å². The van der Waals surface area contributed by atoms with Crippen LogP contribution in [0.3, 0.4) is 0 Å². The zero-order chi connectivity index (χ0) is 20.9. The van der Waals surface area contributed by atoms with Crippen LogP contribution in [0.1, 0.15) is 12.8 Å². The summed E-state index contributed by atoms with van der Waals surface area (Å²) in [4.78, 5) is 20.8. The van der Waals surface area contributed by atoms with Crippen molar-refractivity contribution in [1.29, 1.82) is 0 Å². The van der Waals surface area contributed by atoms with Crippen LogP contribution in [0.5, 0.6) is 0 Å². The van der Waals surface area contributed by atoms with Gasteiger partial charge in [0, 0.05) is 52.2 Å². The van der Waals surface area contributed by atoms with Gasteiger partial charge < -0.3 is 20.4 Å². The van der Waals surface area contributed by atoms with Gasteiger partial charge in [0.05, 0.1) is 22.2 Å². The van der Waals surface area contributed by atoms with Crippen LogP contribution >= 0.6 is 35.6 Å². The van der Waals surface area contributed by atoms with Crippen LogP contribution in [0, 0.1) is 0 Å². The number of para-hydroxylation sites is 1. The minimum Gasteiger partial charge on any atom is -0.367 e. The average molecular weight is 570 g/mol. The zero-order valence-corrected chi connectivity index (χ0v) is 20.9. The van der Waals surface area contributed by atoms with Gasteiger partial charge in [0.25, 0.3) is 0 Å². The molecular formula is C19H29ClIN5O3S. The lowest BCUT2D eigenvalue weighted by atomic mass is 10.2. The molecule has 2 aliphatic heterocycles. The second kappa shape index (κ2) is 11.4. The highest BCUT2D eigenvalue weighted by molar-refractivity contribution is 14.0. The van der Waals surface area contributed by atoms with Crippen molar-refractivity contribution >= 4 is 63.0 Å². The van der Waals surface area contributed by atoms with E-state index < -0.39 is 9.84 Å². The van der Waals surface area contributed by atoms with Gasteiger partial charge in [-0.15, -0.1) is 24.0 Å². The molecule has 8 nitrogen and oxygen atoms in total. The quantitative estimate of drug-likeness (QED) is 0.316. The van der Waals surface area contributed by atoms with Gasteiger partial charge in [0.1, 0.15) is 0 Å². The molecule has 0 bridgehead atoms. The molecule has 11 heteroatoms. The summed E-state index contributed by atoms with van der Waals surface area (Å²) in [5, 5.41) is 6.79. The molecule has 3 rings (SSSR count). The van der Waals surface area contributed by atoms with Crippen LogP contribution in [0.15, 0.2) is 29.3 Å². The number of anilines is 1. The van der Waals surface area contributed by atoms with E-state index in [9.17, 15) is 13.2 Å². The Kier molecular flexibility index (Phi) is 9.48. The van der Waals surface area contributed by atoms with E-state index in [1.54, 1.807) is 7.05 Å². The molecule has 0 aliphatic carbocycles. The number of hydrogen-bond acceptors (Lipinski definition) is 5. The van der Waals surface area contributed by atoms with Gasteiger partial charge in [-0.1, -0.05) is 23.7 Å². The SMILES string of the molecule is CN=C(NCCC(=O)NC1CCS(=O)(=O)C1)N1CCN(c2ccccc2Cl)CC1.I. The second-order valence-corrected chi connectivity index (χ2v) is 9.95. The number of amides is 1. The van der Waals surface area contributed by atoms with Gasteiger partial charge in [-0.2, -0.15) is 0 Å². The number of piperazine rings is 1. The Balaban J connectivity index is 0.00000320. The Bertz CT molecular complexity index is 859. The lowest BCUT2D eigenvalue weighted by molar-refractivity contribution is -0.121. The molecule has 0 radical (unpaired) electrons. The third-order valence-electron chi connectivity index (χ3n) is 5.22. The molecule has 0 aromatic heterocycles. The van der Waals surface area contributed by atoms with Crippen LogP contribution in [-0.2, 0) is 14.6 Å². The van der Waals surface area contributed by atoms with E-state index in [1.807, 2.05) is 24.3 Å². The molecule has 0 spiro atoms. The first kappa shape index (κ1) is 25.0. The smallest absolute Gasteiger partial charge is 0.222 e. The van der Waals surface area contributed by atoms with E-state index in [0.29, 0.717) is 13.0 Å². The van der Waals surface area contributed by atoms with Crippen molar-refractivity contribution in [2.24, 2.45) is 4.99 Å². The predicted molar refractivity (Wildman–Crippen MR) is 132 cm³/mol. The van der Waals surface area contributed by atoms with Gasteiger partial charge in [-0.25, -0.2) is 8.42 Å². The van der Waals surface area contributed by atoms with E-state index >= 15 is 0 Å². The third-order valence-corrected chi connectivity index (χ3v) is 7.30. The van der Waals surface area contributed by atoms with Crippen LogP contribution in [0.2, 0.25) is 5.02 Å². The van der Waals surface area contributed by atoms with Gasteiger partial charge >= 0.3 is 0 Å². The summed E-state index contributed by atoms with van der Waals surface area (Å²) >= 11 is 6.30. The van der Waals surface area contributed by atoms with Crippen LogP contribution in [0.25, 0.3) is 0 Å². The topological polar surface area (TPSA) is 94.1 Å². The fraction of sp³-hybridized carbons (Fsp3) is 0.579. The van der Waals surface area contributed by atoms with Gasteiger partial charge in [0.15, 0.2) is 15.8 Å². The summed E-state index contributed by atoms with van der Waals surface area (Å²) in [5.74, 6) is 0.825.